The minimum atomic E-state index is 0.107. The number of aromatic nitrogens is 6. The van der Waals surface area contributed by atoms with Gasteiger partial charge in [-0.05, 0) is 57.3 Å². The van der Waals surface area contributed by atoms with Crippen molar-refractivity contribution >= 4 is 11.8 Å². The predicted octanol–water partition coefficient (Wildman–Crippen LogP) is 2.54. The monoisotopic (exact) mass is 419 g/mol. The van der Waals surface area contributed by atoms with Gasteiger partial charge in [0.05, 0.1) is 12.2 Å². The molecule has 3 aromatic rings. The molecule has 5 rings (SSSR count). The van der Waals surface area contributed by atoms with Crippen molar-refractivity contribution in [3.63, 3.8) is 0 Å². The molecule has 1 spiro atoms. The van der Waals surface area contributed by atoms with Crippen LogP contribution in [-0.4, -0.2) is 54.7 Å². The van der Waals surface area contributed by atoms with E-state index in [2.05, 4.69) is 37.3 Å². The summed E-state index contributed by atoms with van der Waals surface area (Å²) in [5.41, 5.74) is 9.13. The first-order valence-corrected chi connectivity index (χ1v) is 11.1. The number of H-pyrrole nitrogens is 1. The fourth-order valence-electron chi connectivity index (χ4n) is 5.10. The number of aromatic amines is 1. The van der Waals surface area contributed by atoms with Gasteiger partial charge < -0.3 is 16.0 Å². The lowest BCUT2D eigenvalue weighted by Crippen LogP contribution is -2.45. The van der Waals surface area contributed by atoms with E-state index in [9.17, 15) is 0 Å². The summed E-state index contributed by atoms with van der Waals surface area (Å²) < 4.78 is 0. The molecule has 0 bridgehead atoms. The zero-order valence-electron chi connectivity index (χ0n) is 17.9. The van der Waals surface area contributed by atoms with Crippen LogP contribution in [0.2, 0.25) is 0 Å². The maximum atomic E-state index is 5.65. The Morgan fingerprint density at radius 3 is 2.97 bits per heavy atom. The second-order valence-electron chi connectivity index (χ2n) is 8.62. The molecule has 1 unspecified atom stereocenters. The lowest BCUT2D eigenvalue weighted by atomic mass is 9.77. The lowest BCUT2D eigenvalue weighted by molar-refractivity contribution is 0.143. The zero-order valence-corrected chi connectivity index (χ0v) is 17.9. The fourth-order valence-corrected chi connectivity index (χ4v) is 5.10. The van der Waals surface area contributed by atoms with Gasteiger partial charge in [0, 0.05) is 35.5 Å². The van der Waals surface area contributed by atoms with Crippen LogP contribution in [0.4, 0.5) is 11.8 Å². The topological polar surface area (TPSA) is 122 Å². The van der Waals surface area contributed by atoms with Crippen molar-refractivity contribution in [2.45, 2.75) is 51.0 Å². The van der Waals surface area contributed by atoms with Crippen LogP contribution in [-0.2, 0) is 18.4 Å². The van der Waals surface area contributed by atoms with Crippen molar-refractivity contribution in [1.82, 2.24) is 35.0 Å². The minimum Gasteiger partial charge on any atom is -0.367 e. The number of hydrogen-bond acceptors (Lipinski definition) is 8. The number of fused-ring (bicyclic) bond motifs is 2. The van der Waals surface area contributed by atoms with Crippen LogP contribution in [0.25, 0.3) is 11.4 Å². The van der Waals surface area contributed by atoms with Gasteiger partial charge in [0.1, 0.15) is 11.6 Å². The van der Waals surface area contributed by atoms with E-state index in [-0.39, 0.29) is 11.4 Å². The number of piperidine rings is 1. The number of likely N-dealkylation sites (tertiary alicyclic amines) is 1. The number of pyridine rings is 1. The van der Waals surface area contributed by atoms with E-state index in [1.807, 2.05) is 18.3 Å². The Bertz CT molecular complexity index is 1050. The minimum absolute atomic E-state index is 0.107. The lowest BCUT2D eigenvalue weighted by Gasteiger charge is -2.40. The summed E-state index contributed by atoms with van der Waals surface area (Å²) in [7, 11) is 0. The van der Waals surface area contributed by atoms with Gasteiger partial charge in [-0.25, -0.2) is 9.97 Å². The molecule has 1 aliphatic heterocycles. The molecule has 3 aromatic heterocycles. The Labute approximate surface area is 181 Å². The number of nitrogens with zero attached hydrogens (tertiary/aromatic N) is 6. The van der Waals surface area contributed by atoms with E-state index in [0.29, 0.717) is 12.4 Å². The van der Waals surface area contributed by atoms with E-state index in [1.54, 1.807) is 6.20 Å². The maximum Gasteiger partial charge on any atom is 0.239 e. The van der Waals surface area contributed by atoms with Crippen LogP contribution in [0.15, 0.2) is 24.5 Å². The van der Waals surface area contributed by atoms with Gasteiger partial charge in [-0.2, -0.15) is 4.98 Å². The molecule has 0 radical (unpaired) electrons. The predicted molar refractivity (Wildman–Crippen MR) is 119 cm³/mol. The van der Waals surface area contributed by atoms with Gasteiger partial charge in [-0.15, -0.1) is 5.10 Å². The van der Waals surface area contributed by atoms with E-state index >= 15 is 0 Å². The highest BCUT2D eigenvalue weighted by Crippen LogP contribution is 2.46. The molecule has 0 aromatic carbocycles. The second kappa shape index (κ2) is 8.22. The molecule has 0 saturated carbocycles. The Morgan fingerprint density at radius 2 is 2.19 bits per heavy atom. The van der Waals surface area contributed by atoms with Crippen LogP contribution < -0.4 is 11.1 Å². The third-order valence-electron chi connectivity index (χ3n) is 6.45. The molecule has 1 fully saturated rings. The Balaban J connectivity index is 1.53. The summed E-state index contributed by atoms with van der Waals surface area (Å²) in [5, 5.41) is 10.2. The number of rotatable bonds is 6. The third kappa shape index (κ3) is 3.85. The highest BCUT2D eigenvalue weighted by atomic mass is 15.3. The molecule has 2 aliphatic rings. The molecule has 4 heterocycles. The molecule has 1 saturated heterocycles. The number of hydrogen-bond donors (Lipinski definition) is 3. The van der Waals surface area contributed by atoms with Crippen LogP contribution in [0, 0.1) is 0 Å². The highest BCUT2D eigenvalue weighted by Gasteiger charge is 2.44. The molecule has 1 aliphatic carbocycles. The van der Waals surface area contributed by atoms with E-state index < -0.39 is 0 Å². The summed E-state index contributed by atoms with van der Waals surface area (Å²) in [6.45, 7) is 6.15. The van der Waals surface area contributed by atoms with Gasteiger partial charge in [0.25, 0.3) is 0 Å². The van der Waals surface area contributed by atoms with Crippen LogP contribution >= 0.6 is 0 Å². The molecule has 1 atom stereocenters. The molecule has 9 nitrogen and oxygen atoms in total. The van der Waals surface area contributed by atoms with Crippen LogP contribution in [0.1, 0.15) is 49.7 Å². The Hall–Kier alpha value is -3.07. The van der Waals surface area contributed by atoms with Crippen molar-refractivity contribution in [3.05, 3.63) is 41.6 Å². The number of nitrogens with one attached hydrogen (secondary N) is 2. The first-order chi connectivity index (χ1) is 15.2. The number of nitrogen functional groups attached to an aromatic ring is 1. The summed E-state index contributed by atoms with van der Waals surface area (Å²) in [5.74, 6) is 2.54. The van der Waals surface area contributed by atoms with Gasteiger partial charge in [-0.1, -0.05) is 6.92 Å². The van der Waals surface area contributed by atoms with Gasteiger partial charge >= 0.3 is 0 Å². The van der Waals surface area contributed by atoms with Crippen molar-refractivity contribution in [1.29, 1.82) is 0 Å². The van der Waals surface area contributed by atoms with E-state index in [0.717, 1.165) is 43.1 Å². The first kappa shape index (κ1) is 19.9. The van der Waals surface area contributed by atoms with E-state index in [4.69, 9.17) is 15.7 Å². The van der Waals surface area contributed by atoms with E-state index in [1.165, 1.54) is 37.1 Å². The highest BCUT2D eigenvalue weighted by molar-refractivity contribution is 5.61. The second-order valence-corrected chi connectivity index (χ2v) is 8.62. The normalized spacial score (nSPS) is 20.8. The summed E-state index contributed by atoms with van der Waals surface area (Å²) in [6.07, 6.45) is 9.29. The molecule has 31 heavy (non-hydrogen) atoms. The number of nitrogens with two attached hydrogens (primary N) is 1. The molecule has 9 heteroatoms. The van der Waals surface area contributed by atoms with Crippen molar-refractivity contribution in [2.24, 2.45) is 0 Å². The third-order valence-corrected chi connectivity index (χ3v) is 6.45. The van der Waals surface area contributed by atoms with Crippen molar-refractivity contribution in [3.8, 4) is 11.4 Å². The smallest absolute Gasteiger partial charge is 0.239 e. The average Bonchev–Trinajstić information content (AvgIpc) is 3.37. The molecule has 0 amide bonds. The van der Waals surface area contributed by atoms with Crippen LogP contribution in [0.3, 0.4) is 0 Å². The Morgan fingerprint density at radius 1 is 1.26 bits per heavy atom. The molecule has 162 valence electrons. The number of anilines is 2. The van der Waals surface area contributed by atoms with Gasteiger partial charge in [0.15, 0.2) is 5.82 Å². The molecular weight excluding hydrogens is 390 g/mol. The summed E-state index contributed by atoms with van der Waals surface area (Å²) >= 11 is 0. The summed E-state index contributed by atoms with van der Waals surface area (Å²) in [6, 6.07) is 3.94. The quantitative estimate of drug-likeness (QED) is 0.557. The maximum absolute atomic E-state index is 5.65. The van der Waals surface area contributed by atoms with Gasteiger partial charge in [-0.3, -0.25) is 10.1 Å². The fraction of sp³-hybridized carbons (Fsp3) is 0.500. The van der Waals surface area contributed by atoms with Crippen molar-refractivity contribution in [2.75, 3.05) is 30.7 Å². The van der Waals surface area contributed by atoms with Crippen molar-refractivity contribution < 1.29 is 0 Å². The SMILES string of the molecule is CCCN1CCCC2(CCc3c(NCc4nc(N)n[nH]4)nc(-c4cccnc4)nc32)C1. The zero-order chi connectivity index (χ0) is 21.3. The average molecular weight is 420 g/mol. The summed E-state index contributed by atoms with van der Waals surface area (Å²) in [4.78, 5) is 21.1. The van der Waals surface area contributed by atoms with Crippen LogP contribution in [0.5, 0.6) is 0 Å². The molecule has 4 N–H and O–H groups in total. The molecular formula is C22H29N9. The first-order valence-electron chi connectivity index (χ1n) is 11.1. The van der Waals surface area contributed by atoms with Gasteiger partial charge in [0.2, 0.25) is 5.95 Å². The largest absolute Gasteiger partial charge is 0.367 e. The Kier molecular flexibility index (Phi) is 5.27. The standard InChI is InChI=1S/C22H29N9/c1-2-10-31-11-4-7-22(14-31)8-6-16-18(22)27-19(15-5-3-9-24-12-15)28-20(16)25-13-17-26-21(23)30-29-17/h3,5,9,12H,2,4,6-8,10-11,13-14H2,1H3,(H,25,27,28)(H3,23,26,29,30).